The van der Waals surface area contributed by atoms with Gasteiger partial charge in [0.05, 0.1) is 0 Å². The molecule has 2 N–H and O–H groups in total. The van der Waals surface area contributed by atoms with Gasteiger partial charge in [0, 0.05) is 19.0 Å². The zero-order chi connectivity index (χ0) is 7.56. The highest BCUT2D eigenvalue weighted by Gasteiger charge is 2.24. The van der Waals surface area contributed by atoms with Crippen LogP contribution in [-0.4, -0.2) is 13.3 Å². The second kappa shape index (κ2) is 2.86. The quantitative estimate of drug-likeness (QED) is 0.574. The first-order valence-electron chi connectivity index (χ1n) is 3.64. The maximum atomic E-state index is 5.80. The van der Waals surface area contributed by atoms with Crippen LogP contribution in [-0.2, 0) is 0 Å². The summed E-state index contributed by atoms with van der Waals surface area (Å²) in [5.41, 5.74) is 7.96. The average molecular weight is 138 g/mol. The third kappa shape index (κ3) is 1.59. The molecule has 2 heteroatoms. The Morgan fingerprint density at radius 3 is 2.60 bits per heavy atom. The van der Waals surface area contributed by atoms with Gasteiger partial charge in [-0.15, -0.1) is 0 Å². The molecule has 1 saturated carbocycles. The average Bonchev–Trinajstić information content (AvgIpc) is 2.68. The lowest BCUT2D eigenvalue weighted by molar-refractivity contribution is 0.965. The Kier molecular flexibility index (Phi) is 2.10. The van der Waals surface area contributed by atoms with Crippen molar-refractivity contribution in [3.05, 3.63) is 11.3 Å². The summed E-state index contributed by atoms with van der Waals surface area (Å²) < 4.78 is 0. The SMILES string of the molecule is CN=CC(C)=C(N)C1CC1. The van der Waals surface area contributed by atoms with Gasteiger partial charge < -0.3 is 5.73 Å². The molecule has 0 radical (unpaired) electrons. The molecule has 0 amide bonds. The van der Waals surface area contributed by atoms with E-state index in [0.717, 1.165) is 11.3 Å². The monoisotopic (exact) mass is 138 g/mol. The number of hydrogen-bond donors (Lipinski definition) is 1. The van der Waals surface area contributed by atoms with Gasteiger partial charge in [-0.25, -0.2) is 0 Å². The Labute approximate surface area is 61.8 Å². The fourth-order valence-corrected chi connectivity index (χ4v) is 0.984. The molecule has 10 heavy (non-hydrogen) atoms. The smallest absolute Gasteiger partial charge is 0.0277 e. The van der Waals surface area contributed by atoms with Crippen molar-refractivity contribution in [1.82, 2.24) is 0 Å². The number of nitrogens with two attached hydrogens (primary N) is 1. The van der Waals surface area contributed by atoms with E-state index in [2.05, 4.69) is 4.99 Å². The van der Waals surface area contributed by atoms with E-state index >= 15 is 0 Å². The van der Waals surface area contributed by atoms with Gasteiger partial charge in [-0.05, 0) is 31.3 Å². The maximum Gasteiger partial charge on any atom is 0.0277 e. The molecule has 0 heterocycles. The summed E-state index contributed by atoms with van der Waals surface area (Å²) in [5.74, 6) is 0.665. The molecular weight excluding hydrogens is 124 g/mol. The fraction of sp³-hybridized carbons (Fsp3) is 0.625. The van der Waals surface area contributed by atoms with E-state index in [1.165, 1.54) is 12.8 Å². The van der Waals surface area contributed by atoms with Crippen LogP contribution in [0.3, 0.4) is 0 Å². The molecular formula is C8H14N2. The molecule has 0 saturated heterocycles. The minimum absolute atomic E-state index is 0.665. The lowest BCUT2D eigenvalue weighted by Crippen LogP contribution is -2.03. The third-order valence-electron chi connectivity index (χ3n) is 1.80. The molecule has 0 aliphatic heterocycles. The lowest BCUT2D eigenvalue weighted by atomic mass is 10.2. The van der Waals surface area contributed by atoms with Crippen LogP contribution in [0.5, 0.6) is 0 Å². The second-order valence-electron chi connectivity index (χ2n) is 2.80. The van der Waals surface area contributed by atoms with Crippen LogP contribution in [0.2, 0.25) is 0 Å². The molecule has 0 aromatic heterocycles. The lowest BCUT2D eigenvalue weighted by Gasteiger charge is -1.98. The van der Waals surface area contributed by atoms with E-state index in [-0.39, 0.29) is 0 Å². The Morgan fingerprint density at radius 2 is 2.20 bits per heavy atom. The van der Waals surface area contributed by atoms with E-state index in [0.29, 0.717) is 5.92 Å². The summed E-state index contributed by atoms with van der Waals surface area (Å²) in [5, 5.41) is 0. The highest BCUT2D eigenvalue weighted by atomic mass is 14.7. The van der Waals surface area contributed by atoms with Gasteiger partial charge in [-0.1, -0.05) is 0 Å². The first-order chi connectivity index (χ1) is 4.75. The van der Waals surface area contributed by atoms with Crippen LogP contribution >= 0.6 is 0 Å². The van der Waals surface area contributed by atoms with Crippen molar-refractivity contribution in [2.24, 2.45) is 16.6 Å². The fourth-order valence-electron chi connectivity index (χ4n) is 0.984. The van der Waals surface area contributed by atoms with Crippen molar-refractivity contribution in [2.75, 3.05) is 7.05 Å². The van der Waals surface area contributed by atoms with Crippen molar-refractivity contribution < 1.29 is 0 Å². The molecule has 0 bridgehead atoms. The number of aliphatic imine (C=N–C) groups is 1. The van der Waals surface area contributed by atoms with Gasteiger partial charge in [0.1, 0.15) is 0 Å². The van der Waals surface area contributed by atoms with Crippen molar-refractivity contribution >= 4 is 6.21 Å². The van der Waals surface area contributed by atoms with Gasteiger partial charge in [0.15, 0.2) is 0 Å². The summed E-state index contributed by atoms with van der Waals surface area (Å²) in [7, 11) is 1.77. The zero-order valence-corrected chi connectivity index (χ0v) is 6.59. The van der Waals surface area contributed by atoms with Crippen molar-refractivity contribution in [1.29, 1.82) is 0 Å². The molecule has 0 unspecified atom stereocenters. The normalized spacial score (nSPS) is 21.4. The zero-order valence-electron chi connectivity index (χ0n) is 6.59. The standard InChI is InChI=1S/C8H14N2/c1-6(5-10-2)8(9)7-3-4-7/h5,7H,3-4,9H2,1-2H3. The van der Waals surface area contributed by atoms with Crippen LogP contribution in [0.15, 0.2) is 16.3 Å². The minimum Gasteiger partial charge on any atom is -0.402 e. The first kappa shape index (κ1) is 7.32. The largest absolute Gasteiger partial charge is 0.402 e. The van der Waals surface area contributed by atoms with Crippen LogP contribution in [0.4, 0.5) is 0 Å². The number of rotatable bonds is 2. The maximum absolute atomic E-state index is 5.80. The highest BCUT2D eigenvalue weighted by Crippen LogP contribution is 2.34. The van der Waals surface area contributed by atoms with Crippen molar-refractivity contribution in [3.8, 4) is 0 Å². The summed E-state index contributed by atoms with van der Waals surface area (Å²) in [6.45, 7) is 2.01. The predicted molar refractivity (Wildman–Crippen MR) is 44.0 cm³/mol. The third-order valence-corrected chi connectivity index (χ3v) is 1.80. The summed E-state index contributed by atoms with van der Waals surface area (Å²) in [4.78, 5) is 3.90. The van der Waals surface area contributed by atoms with E-state index in [1.54, 1.807) is 7.05 Å². The summed E-state index contributed by atoms with van der Waals surface area (Å²) in [6.07, 6.45) is 4.36. The number of nitrogens with zero attached hydrogens (tertiary/aromatic N) is 1. The molecule has 1 rings (SSSR count). The highest BCUT2D eigenvalue weighted by molar-refractivity contribution is 5.78. The van der Waals surface area contributed by atoms with Crippen LogP contribution in [0.25, 0.3) is 0 Å². The number of hydrogen-bond acceptors (Lipinski definition) is 2. The molecule has 56 valence electrons. The minimum atomic E-state index is 0.665. The van der Waals surface area contributed by atoms with E-state index in [1.807, 2.05) is 13.1 Å². The Morgan fingerprint density at radius 1 is 1.60 bits per heavy atom. The number of allylic oxidation sites excluding steroid dienone is 2. The van der Waals surface area contributed by atoms with Crippen LogP contribution < -0.4 is 5.73 Å². The molecule has 1 fully saturated rings. The van der Waals surface area contributed by atoms with Crippen LogP contribution in [0.1, 0.15) is 19.8 Å². The molecule has 0 aromatic carbocycles. The predicted octanol–water partition coefficient (Wildman–Crippen LogP) is 1.33. The Bertz CT molecular complexity index is 176. The van der Waals surface area contributed by atoms with Gasteiger partial charge in [-0.2, -0.15) is 0 Å². The van der Waals surface area contributed by atoms with E-state index in [4.69, 9.17) is 5.73 Å². The van der Waals surface area contributed by atoms with Gasteiger partial charge in [-0.3, -0.25) is 4.99 Å². The van der Waals surface area contributed by atoms with E-state index in [9.17, 15) is 0 Å². The summed E-state index contributed by atoms with van der Waals surface area (Å²) in [6, 6.07) is 0. The van der Waals surface area contributed by atoms with Gasteiger partial charge in [0.25, 0.3) is 0 Å². The Balaban J connectivity index is 2.61. The molecule has 0 aromatic rings. The first-order valence-corrected chi connectivity index (χ1v) is 3.64. The topological polar surface area (TPSA) is 38.4 Å². The van der Waals surface area contributed by atoms with E-state index < -0.39 is 0 Å². The van der Waals surface area contributed by atoms with Gasteiger partial charge in [0.2, 0.25) is 0 Å². The van der Waals surface area contributed by atoms with Crippen molar-refractivity contribution in [3.63, 3.8) is 0 Å². The van der Waals surface area contributed by atoms with Crippen molar-refractivity contribution in [2.45, 2.75) is 19.8 Å². The molecule has 1 aliphatic rings. The molecule has 0 spiro atoms. The Hall–Kier alpha value is -0.790. The molecule has 1 aliphatic carbocycles. The second-order valence-corrected chi connectivity index (χ2v) is 2.80. The van der Waals surface area contributed by atoms with Gasteiger partial charge >= 0.3 is 0 Å². The summed E-state index contributed by atoms with van der Waals surface area (Å²) >= 11 is 0. The molecule has 0 atom stereocenters. The van der Waals surface area contributed by atoms with Crippen LogP contribution in [0, 0.1) is 5.92 Å². The molecule has 2 nitrogen and oxygen atoms in total.